The molecule has 0 saturated carbocycles. The summed E-state index contributed by atoms with van der Waals surface area (Å²) < 4.78 is 17.7. The summed E-state index contributed by atoms with van der Waals surface area (Å²) in [4.78, 5) is 0. The Morgan fingerprint density at radius 3 is 1.21 bits per heavy atom. The zero-order chi connectivity index (χ0) is 65.5. The summed E-state index contributed by atoms with van der Waals surface area (Å²) in [6.07, 6.45) is 1.47. The van der Waals surface area contributed by atoms with E-state index in [1.165, 1.54) is 122 Å². The van der Waals surface area contributed by atoms with E-state index in [0.717, 1.165) is 99.8 Å². The van der Waals surface area contributed by atoms with Crippen LogP contribution in [0.5, 0.6) is 23.0 Å². The number of benzene rings is 10. The maximum atomic E-state index is 12.5. The predicted molar refractivity (Wildman–Crippen MR) is 422 cm³/mol. The Morgan fingerprint density at radius 1 is 0.404 bits per heavy atom. The first-order valence-corrected chi connectivity index (χ1v) is 36.5. The monoisotopic (exact) mass is 1360 g/mol. The fourth-order valence-electron chi connectivity index (χ4n) is 14.6. The summed E-state index contributed by atoms with van der Waals surface area (Å²) in [6.45, 7) is 18.4. The molecule has 4 heterocycles. The highest BCUT2D eigenvalue weighted by molar-refractivity contribution is 7.30. The molecule has 13 heteroatoms. The molecule has 0 fully saturated rings. The fourth-order valence-corrected chi connectivity index (χ4v) is 19.9. The third kappa shape index (κ3) is 11.6. The van der Waals surface area contributed by atoms with Crippen LogP contribution in [0.15, 0.2) is 181 Å². The lowest BCUT2D eigenvalue weighted by Crippen LogP contribution is -2.17. The Morgan fingerprint density at radius 2 is 0.777 bits per heavy atom. The van der Waals surface area contributed by atoms with Gasteiger partial charge in [0.1, 0.15) is 21.5 Å². The standard InChI is InChI=1S/C81H75N2O4P5S2/c1-43-29-46(4)75(70(89)31-43)53-21-25-66-60(39-53)61-40-54(76-47(5)30-44(2)32-71(76)90)22-26-67(61)83(66)81-79(85)63(42-94-81)57-16-10-12-18-69(57)87-28-14-13-27-86-68-17-11-9-15-56(68)62-41-93-80(78(62)84)82-64-23-19-51(50(8)77-72(91)33-45(3)34-73(77)92)37-58(64)59-38-52(20-24-65(59)82)74-48(6)35-55(88)36-49(74)7/h9-12,15-26,29-42,50,84-85H,13-14,27-28,88-92H2,1-8H3. The van der Waals surface area contributed by atoms with Crippen LogP contribution in [0.25, 0.3) is 109 Å². The second-order valence-corrected chi connectivity index (χ2v) is 30.2. The van der Waals surface area contributed by atoms with Crippen LogP contribution in [0.3, 0.4) is 0 Å². The van der Waals surface area contributed by atoms with E-state index >= 15 is 0 Å². The van der Waals surface area contributed by atoms with Crippen LogP contribution in [-0.4, -0.2) is 32.6 Å². The van der Waals surface area contributed by atoms with Gasteiger partial charge in [-0.15, -0.1) is 68.9 Å². The summed E-state index contributed by atoms with van der Waals surface area (Å²) in [7, 11) is 14.7. The van der Waals surface area contributed by atoms with Crippen LogP contribution >= 0.6 is 68.9 Å². The summed E-state index contributed by atoms with van der Waals surface area (Å²) >= 11 is 3.07. The molecule has 14 rings (SSSR count). The molecule has 0 amide bonds. The van der Waals surface area contributed by atoms with Crippen LogP contribution in [0, 0.1) is 48.5 Å². The molecule has 94 heavy (non-hydrogen) atoms. The fraction of sp³-hybridized carbons (Fsp3) is 0.160. The molecule has 0 aliphatic heterocycles. The zero-order valence-corrected chi connectivity index (χ0v) is 61.4. The number of thiophene rings is 2. The maximum Gasteiger partial charge on any atom is 0.158 e. The second kappa shape index (κ2) is 25.9. The van der Waals surface area contributed by atoms with E-state index in [0.29, 0.717) is 24.7 Å². The molecule has 4 aromatic heterocycles. The number of hydrogen-bond acceptors (Lipinski definition) is 6. The van der Waals surface area contributed by atoms with Crippen molar-refractivity contribution in [3.63, 3.8) is 0 Å². The van der Waals surface area contributed by atoms with Crippen LogP contribution in [0.1, 0.15) is 75.8 Å². The van der Waals surface area contributed by atoms with Crippen molar-refractivity contribution in [2.24, 2.45) is 0 Å². The number of fused-ring (bicyclic) bond motifs is 6. The molecular formula is C81H75N2O4P5S2. The molecule has 6 unspecified atom stereocenters. The topological polar surface area (TPSA) is 68.8 Å². The quantitative estimate of drug-likeness (QED) is 0.0747. The first kappa shape index (κ1) is 63.9. The van der Waals surface area contributed by atoms with E-state index in [1.807, 2.05) is 48.5 Å². The Hall–Kier alpha value is -7.45. The van der Waals surface area contributed by atoms with Crippen molar-refractivity contribution in [2.45, 2.75) is 74.1 Å². The Bertz CT molecular complexity index is 5170. The van der Waals surface area contributed by atoms with Gasteiger partial charge >= 0.3 is 0 Å². The summed E-state index contributed by atoms with van der Waals surface area (Å²) in [5, 5.41) is 41.1. The molecule has 2 N–H and O–H groups in total. The molecule has 14 aromatic rings. The van der Waals surface area contributed by atoms with Gasteiger partial charge in [-0.25, -0.2) is 0 Å². The minimum atomic E-state index is 0.136. The number of para-hydroxylation sites is 2. The van der Waals surface area contributed by atoms with Crippen molar-refractivity contribution in [3.8, 4) is 88.6 Å². The number of unbranched alkanes of at least 4 members (excludes halogenated alkanes) is 1. The molecule has 470 valence electrons. The molecule has 6 nitrogen and oxygen atoms in total. The van der Waals surface area contributed by atoms with E-state index in [2.05, 4.69) is 243 Å². The summed E-state index contributed by atoms with van der Waals surface area (Å²) in [5.74, 6) is 1.97. The third-order valence-corrected chi connectivity index (χ3v) is 22.7. The van der Waals surface area contributed by atoms with Gasteiger partial charge in [-0.1, -0.05) is 127 Å². The average molecular weight is 1360 g/mol. The van der Waals surface area contributed by atoms with Crippen molar-refractivity contribution in [2.75, 3.05) is 13.2 Å². The SMILES string of the molecule is Cc1cc(C)c(-c2ccc3c(c2)c2cc(-c4c(C)cc(C)cc4P)ccc2n3-c2scc(-c3ccccc3OCCCCOc3ccccc3-c3csc(-n4c5ccc(-c6c(C)cc(P)cc6C)cc5c5cc(C(C)c6c(P)cc(C)cc6P)ccc54)c3O)c2O)c(P)c1. The molecule has 10 aromatic carbocycles. The lowest BCUT2D eigenvalue weighted by molar-refractivity contribution is 0.267. The largest absolute Gasteiger partial charge is 0.504 e. The van der Waals surface area contributed by atoms with Crippen LogP contribution in [0.2, 0.25) is 0 Å². The highest BCUT2D eigenvalue weighted by atomic mass is 32.1. The molecule has 0 bridgehead atoms. The maximum absolute atomic E-state index is 12.5. The van der Waals surface area contributed by atoms with E-state index in [9.17, 15) is 10.2 Å². The van der Waals surface area contributed by atoms with Gasteiger partial charge in [-0.3, -0.25) is 9.13 Å². The molecule has 0 saturated heterocycles. The number of aromatic nitrogens is 2. The normalized spacial score (nSPS) is 12.1. The third-order valence-electron chi connectivity index (χ3n) is 18.6. The highest BCUT2D eigenvalue weighted by Crippen LogP contribution is 2.50. The van der Waals surface area contributed by atoms with Crippen LogP contribution in [-0.2, 0) is 0 Å². The molecule has 0 aliphatic rings. The molecule has 0 radical (unpaired) electrons. The lowest BCUT2D eigenvalue weighted by atomic mass is 9.91. The molecule has 0 spiro atoms. The second-order valence-electron chi connectivity index (χ2n) is 25.3. The minimum Gasteiger partial charge on any atom is -0.504 e. The van der Waals surface area contributed by atoms with E-state index < -0.39 is 0 Å². The van der Waals surface area contributed by atoms with Crippen molar-refractivity contribution < 1.29 is 19.7 Å². The first-order chi connectivity index (χ1) is 45.3. The Kier molecular flexibility index (Phi) is 17.6. The molecule has 6 atom stereocenters. The van der Waals surface area contributed by atoms with Gasteiger partial charge < -0.3 is 19.7 Å². The van der Waals surface area contributed by atoms with Crippen molar-refractivity contribution in [1.29, 1.82) is 0 Å². The van der Waals surface area contributed by atoms with Crippen molar-refractivity contribution in [1.82, 2.24) is 9.13 Å². The van der Waals surface area contributed by atoms with Gasteiger partial charge in [-0.2, -0.15) is 0 Å². The Balaban J connectivity index is 0.715. The zero-order valence-electron chi connectivity index (χ0n) is 54.0. The van der Waals surface area contributed by atoms with Crippen LogP contribution in [0.4, 0.5) is 0 Å². The van der Waals surface area contributed by atoms with Gasteiger partial charge in [0.15, 0.2) is 11.5 Å². The van der Waals surface area contributed by atoms with E-state index in [1.54, 1.807) is 0 Å². The van der Waals surface area contributed by atoms with E-state index in [4.69, 9.17) is 9.47 Å². The number of rotatable bonds is 16. The van der Waals surface area contributed by atoms with Gasteiger partial charge in [0.2, 0.25) is 0 Å². The number of aryl methyl sites for hydroxylation is 7. The smallest absolute Gasteiger partial charge is 0.158 e. The Labute approximate surface area is 570 Å². The number of ether oxygens (including phenoxy) is 2. The predicted octanol–water partition coefficient (Wildman–Crippen LogP) is 19.8. The average Bonchev–Trinajstić information content (AvgIpc) is 1.58. The molecular weight excluding hydrogens is 1280 g/mol. The summed E-state index contributed by atoms with van der Waals surface area (Å²) in [5.41, 5.74) is 25.5. The number of aromatic hydroxyl groups is 2. The minimum absolute atomic E-state index is 0.136. The number of hydrogen-bond donors (Lipinski definition) is 2. The first-order valence-electron chi connectivity index (χ1n) is 31.8. The molecule has 0 aliphatic carbocycles. The summed E-state index contributed by atoms with van der Waals surface area (Å²) in [6, 6.07) is 61.1. The van der Waals surface area contributed by atoms with Gasteiger partial charge in [0, 0.05) is 60.5 Å². The van der Waals surface area contributed by atoms with Gasteiger partial charge in [-0.05, 0) is 221 Å². The van der Waals surface area contributed by atoms with E-state index in [-0.39, 0.29) is 17.4 Å². The lowest BCUT2D eigenvalue weighted by Gasteiger charge is -2.19. The van der Waals surface area contributed by atoms with Crippen molar-refractivity contribution in [3.05, 3.63) is 231 Å². The number of nitrogens with zero attached hydrogens (tertiary/aromatic N) is 2. The highest BCUT2D eigenvalue weighted by Gasteiger charge is 2.26. The van der Waals surface area contributed by atoms with Crippen LogP contribution < -0.4 is 36.0 Å². The van der Waals surface area contributed by atoms with Gasteiger partial charge in [0.25, 0.3) is 0 Å². The van der Waals surface area contributed by atoms with Crippen molar-refractivity contribution >= 4 is 139 Å². The van der Waals surface area contributed by atoms with Gasteiger partial charge in [0.05, 0.1) is 35.3 Å².